The first-order chi connectivity index (χ1) is 11.1. The van der Waals surface area contributed by atoms with Crippen LogP contribution in [-0.4, -0.2) is 24.6 Å². The number of carboxylic acid groups (broad SMARTS) is 1. The van der Waals surface area contributed by atoms with Gasteiger partial charge in [-0.15, -0.1) is 0 Å². The van der Waals surface area contributed by atoms with Gasteiger partial charge in [0.15, 0.2) is 0 Å². The third-order valence-electron chi connectivity index (χ3n) is 3.27. The lowest BCUT2D eigenvalue weighted by atomic mass is 10.0. The molecular formula is C17H18O5S. The number of rotatable bonds is 6. The fourth-order valence-corrected chi connectivity index (χ4v) is 2.15. The molecule has 0 aliphatic heterocycles. The molecule has 0 bridgehead atoms. The van der Waals surface area contributed by atoms with Crippen LogP contribution in [-0.2, 0) is 29.2 Å². The van der Waals surface area contributed by atoms with Crippen LogP contribution in [0.2, 0.25) is 0 Å². The highest BCUT2D eigenvalue weighted by molar-refractivity contribution is 7.51. The molecule has 0 amide bonds. The standard InChI is InChI=1S/C17H18O3.O2S/c18-16-6-2-1-5-15(16)12-14-10-8-13(9-11-14)4-3-7-17(19)20;1-3-2/h1-2,5-6,8-11,18H,3-4,7,12H2,(H,19,20);. The Morgan fingerprint density at radius 1 is 0.957 bits per heavy atom. The number of aliphatic carboxylic acids is 1. The zero-order valence-electron chi connectivity index (χ0n) is 12.5. The van der Waals surface area contributed by atoms with Gasteiger partial charge in [-0.05, 0) is 35.6 Å². The van der Waals surface area contributed by atoms with Gasteiger partial charge in [-0.1, -0.05) is 42.5 Å². The molecule has 23 heavy (non-hydrogen) atoms. The number of benzene rings is 2. The zero-order valence-corrected chi connectivity index (χ0v) is 13.3. The summed E-state index contributed by atoms with van der Waals surface area (Å²) >= 11 is -0.750. The molecular weight excluding hydrogens is 316 g/mol. The Morgan fingerprint density at radius 3 is 2.09 bits per heavy atom. The Hall–Kier alpha value is -2.47. The summed E-state index contributed by atoms with van der Waals surface area (Å²) in [5, 5.41) is 18.3. The number of hydrogen-bond donors (Lipinski definition) is 2. The van der Waals surface area contributed by atoms with E-state index >= 15 is 0 Å². The van der Waals surface area contributed by atoms with E-state index < -0.39 is 17.5 Å². The van der Waals surface area contributed by atoms with Gasteiger partial charge in [0.2, 0.25) is 0 Å². The summed E-state index contributed by atoms with van der Waals surface area (Å²) in [6, 6.07) is 15.4. The topological polar surface area (TPSA) is 91.7 Å². The number of aromatic hydroxyl groups is 1. The van der Waals surface area contributed by atoms with Crippen molar-refractivity contribution < 1.29 is 23.4 Å². The van der Waals surface area contributed by atoms with Crippen LogP contribution in [0.5, 0.6) is 5.75 Å². The zero-order chi connectivity index (χ0) is 17.1. The largest absolute Gasteiger partial charge is 0.508 e. The van der Waals surface area contributed by atoms with E-state index in [1.54, 1.807) is 6.07 Å². The second-order valence-corrected chi connectivity index (χ2v) is 5.07. The maximum absolute atomic E-state index is 10.5. The summed E-state index contributed by atoms with van der Waals surface area (Å²) in [7, 11) is 0. The average Bonchev–Trinajstić information content (AvgIpc) is 2.52. The summed E-state index contributed by atoms with van der Waals surface area (Å²) in [4.78, 5) is 10.5. The Labute approximate surface area is 138 Å². The highest BCUT2D eigenvalue weighted by Gasteiger charge is 2.02. The molecule has 0 heterocycles. The van der Waals surface area contributed by atoms with Crippen molar-refractivity contribution in [3.63, 3.8) is 0 Å². The van der Waals surface area contributed by atoms with Gasteiger partial charge in [-0.3, -0.25) is 4.79 Å². The van der Waals surface area contributed by atoms with Gasteiger partial charge in [-0.25, -0.2) is 0 Å². The van der Waals surface area contributed by atoms with Gasteiger partial charge in [-0.2, -0.15) is 8.42 Å². The Bertz CT molecular complexity index is 661. The smallest absolute Gasteiger partial charge is 0.335 e. The predicted octanol–water partition coefficient (Wildman–Crippen LogP) is 2.72. The third-order valence-corrected chi connectivity index (χ3v) is 3.27. The number of hydrogen-bond acceptors (Lipinski definition) is 4. The highest BCUT2D eigenvalue weighted by atomic mass is 32.1. The molecule has 5 nitrogen and oxygen atoms in total. The van der Waals surface area contributed by atoms with Crippen LogP contribution >= 0.6 is 0 Å². The fourth-order valence-electron chi connectivity index (χ4n) is 2.15. The quantitative estimate of drug-likeness (QED) is 0.847. The molecule has 0 saturated heterocycles. The van der Waals surface area contributed by atoms with Crippen molar-refractivity contribution in [3.05, 3.63) is 65.2 Å². The summed E-state index contributed by atoms with van der Waals surface area (Å²) in [5.41, 5.74) is 3.19. The Kier molecular flexibility index (Phi) is 8.31. The van der Waals surface area contributed by atoms with Crippen molar-refractivity contribution in [2.75, 3.05) is 0 Å². The van der Waals surface area contributed by atoms with Crippen LogP contribution in [0.1, 0.15) is 29.5 Å². The second-order valence-electron chi connectivity index (χ2n) is 4.94. The van der Waals surface area contributed by atoms with E-state index in [-0.39, 0.29) is 6.42 Å². The van der Waals surface area contributed by atoms with Crippen molar-refractivity contribution in [2.24, 2.45) is 0 Å². The van der Waals surface area contributed by atoms with Crippen molar-refractivity contribution >= 4 is 17.5 Å². The Morgan fingerprint density at radius 2 is 1.52 bits per heavy atom. The average molecular weight is 334 g/mol. The number of aryl methyl sites for hydroxylation is 1. The molecule has 0 unspecified atom stereocenters. The minimum absolute atomic E-state index is 0.208. The Balaban J connectivity index is 0.000000816. The predicted molar refractivity (Wildman–Crippen MR) is 86.8 cm³/mol. The van der Waals surface area contributed by atoms with Crippen molar-refractivity contribution in [2.45, 2.75) is 25.7 Å². The second kappa shape index (κ2) is 10.3. The number of carboxylic acids is 1. The normalized spacial score (nSPS) is 9.57. The summed E-state index contributed by atoms with van der Waals surface area (Å²) in [6.07, 6.45) is 2.35. The van der Waals surface area contributed by atoms with E-state index in [1.165, 1.54) is 0 Å². The summed E-state index contributed by atoms with van der Waals surface area (Å²) in [6.45, 7) is 0. The van der Waals surface area contributed by atoms with Crippen LogP contribution in [0.15, 0.2) is 48.5 Å². The molecule has 2 aromatic rings. The summed E-state index contributed by atoms with van der Waals surface area (Å²) < 4.78 is 16.6. The molecule has 0 saturated carbocycles. The molecule has 122 valence electrons. The fraction of sp³-hybridized carbons (Fsp3) is 0.235. The monoisotopic (exact) mass is 334 g/mol. The molecule has 0 atom stereocenters. The van der Waals surface area contributed by atoms with Crippen LogP contribution in [0.3, 0.4) is 0 Å². The van der Waals surface area contributed by atoms with Crippen molar-refractivity contribution in [1.29, 1.82) is 0 Å². The maximum atomic E-state index is 10.5. The first kappa shape index (κ1) is 18.6. The van der Waals surface area contributed by atoms with Gasteiger partial charge in [0.1, 0.15) is 5.75 Å². The van der Waals surface area contributed by atoms with Gasteiger partial charge in [0.25, 0.3) is 0 Å². The third kappa shape index (κ3) is 7.37. The molecule has 0 fully saturated rings. The van der Waals surface area contributed by atoms with Gasteiger partial charge < -0.3 is 10.2 Å². The van der Waals surface area contributed by atoms with Gasteiger partial charge in [0, 0.05) is 12.8 Å². The van der Waals surface area contributed by atoms with E-state index in [0.717, 1.165) is 23.1 Å². The molecule has 0 aliphatic rings. The highest BCUT2D eigenvalue weighted by Crippen LogP contribution is 2.20. The van der Waals surface area contributed by atoms with E-state index in [0.29, 0.717) is 18.6 Å². The summed E-state index contributed by atoms with van der Waals surface area (Å²) in [5.74, 6) is -0.431. The molecule has 0 radical (unpaired) electrons. The molecule has 2 N–H and O–H groups in total. The van der Waals surface area contributed by atoms with Crippen LogP contribution < -0.4 is 0 Å². The maximum Gasteiger partial charge on any atom is 0.335 e. The van der Waals surface area contributed by atoms with Crippen LogP contribution in [0, 0.1) is 0 Å². The molecule has 2 aromatic carbocycles. The minimum Gasteiger partial charge on any atom is -0.508 e. The van der Waals surface area contributed by atoms with E-state index in [1.807, 2.05) is 42.5 Å². The SMILES string of the molecule is O=C(O)CCCc1ccc(Cc2ccccc2O)cc1.O=S=O. The molecule has 0 aliphatic carbocycles. The number of carbonyl (C=O) groups is 1. The molecule has 0 spiro atoms. The number of phenols is 1. The molecule has 2 rings (SSSR count). The van der Waals surface area contributed by atoms with Crippen molar-refractivity contribution in [3.8, 4) is 5.75 Å². The molecule has 0 aromatic heterocycles. The van der Waals surface area contributed by atoms with Crippen molar-refractivity contribution in [1.82, 2.24) is 0 Å². The molecule has 6 heteroatoms. The van der Waals surface area contributed by atoms with Gasteiger partial charge >= 0.3 is 17.5 Å². The lowest BCUT2D eigenvalue weighted by Crippen LogP contribution is -1.96. The van der Waals surface area contributed by atoms with E-state index in [2.05, 4.69) is 0 Å². The number of phenolic OH excluding ortho intramolecular Hbond substituents is 1. The lowest BCUT2D eigenvalue weighted by molar-refractivity contribution is -0.137. The van der Waals surface area contributed by atoms with Crippen LogP contribution in [0.4, 0.5) is 0 Å². The number of para-hydroxylation sites is 1. The van der Waals surface area contributed by atoms with E-state index in [4.69, 9.17) is 13.5 Å². The van der Waals surface area contributed by atoms with E-state index in [9.17, 15) is 9.90 Å². The van der Waals surface area contributed by atoms with Crippen LogP contribution in [0.25, 0.3) is 0 Å². The first-order valence-corrected chi connectivity index (χ1v) is 7.71. The lowest BCUT2D eigenvalue weighted by Gasteiger charge is -2.06. The first-order valence-electron chi connectivity index (χ1n) is 7.05. The minimum atomic E-state index is -0.750. The van der Waals surface area contributed by atoms with Gasteiger partial charge in [0.05, 0.1) is 0 Å².